The van der Waals surface area contributed by atoms with Crippen LogP contribution in [0.1, 0.15) is 139 Å². The minimum absolute atomic E-state index is 0.00314. The first kappa shape index (κ1) is 86.5. The maximum atomic E-state index is 12.2. The summed E-state index contributed by atoms with van der Waals surface area (Å²) in [6.07, 6.45) is -8.90. The van der Waals surface area contributed by atoms with Crippen LogP contribution >= 0.6 is 11.3 Å². The van der Waals surface area contributed by atoms with Gasteiger partial charge in [-0.05, 0) is 66.1 Å². The fourth-order valence-electron chi connectivity index (χ4n) is 8.10. The van der Waals surface area contributed by atoms with E-state index in [1.165, 1.54) is 41.5 Å². The van der Waals surface area contributed by atoms with Gasteiger partial charge in [0.2, 0.25) is 43.2 Å². The number of nitrogens with two attached hydrogens (primary N) is 1. The van der Waals surface area contributed by atoms with Gasteiger partial charge in [0.25, 0.3) is 2.86 Å². The number of ether oxygens (including phenoxy) is 6. The number of aliphatic hydroxyl groups excluding tert-OH is 4. The van der Waals surface area contributed by atoms with Gasteiger partial charge in [-0.3, -0.25) is 52.8 Å². The van der Waals surface area contributed by atoms with Crippen molar-refractivity contribution in [3.63, 3.8) is 0 Å². The summed E-state index contributed by atoms with van der Waals surface area (Å²) in [5, 5.41) is 64.6. The zero-order valence-corrected chi connectivity index (χ0v) is 65.0. The summed E-state index contributed by atoms with van der Waals surface area (Å²) >= 11 is 1.28. The van der Waals surface area contributed by atoms with Crippen LogP contribution in [-0.4, -0.2) is 176 Å². The molecule has 5 unspecified atom stereocenters. The number of hydrogen-bond donors (Lipinski definition) is 13. The molecule has 0 saturated carbocycles. The van der Waals surface area contributed by atoms with Crippen LogP contribution in [-0.2, 0) is 104 Å². The number of aliphatic hydroxyl groups is 4. The van der Waals surface area contributed by atoms with Gasteiger partial charge >= 0.3 is 36.1 Å². The van der Waals surface area contributed by atoms with Crippen molar-refractivity contribution in [1.82, 2.24) is 14.8 Å². The predicted octanol–water partition coefficient (Wildman–Crippen LogP) is 8.52. The Hall–Kier alpha value is -10.7. The number of aryl methyl sites for hydroxylation is 1. The van der Waals surface area contributed by atoms with Crippen LogP contribution < -0.4 is 37.0 Å². The maximum absolute atomic E-state index is 12.2. The van der Waals surface area contributed by atoms with Gasteiger partial charge in [0, 0.05) is 94.4 Å². The van der Waals surface area contributed by atoms with Gasteiger partial charge < -0.3 is 101 Å². The van der Waals surface area contributed by atoms with Crippen molar-refractivity contribution in [1.29, 1.82) is 4.29 Å². The second-order valence-electron chi connectivity index (χ2n) is 25.9. The number of carbonyl (C=O) groups is 12. The molecule has 2 heterocycles. The number of amides is 8. The molecule has 0 spiro atoms. The van der Waals surface area contributed by atoms with Crippen LogP contribution in [0.3, 0.4) is 0 Å². The monoisotopic (exact) mass is 1570 g/mol. The van der Waals surface area contributed by atoms with E-state index in [1.807, 2.05) is 52.0 Å². The Bertz CT molecular complexity index is 3940. The molecule has 35 heteroatoms. The Balaban J connectivity index is 0.000000714. The lowest BCUT2D eigenvalue weighted by molar-refractivity contribution is -0.306. The largest absolute Gasteiger partial charge is 0.481 e. The van der Waals surface area contributed by atoms with E-state index < -0.39 is 73.7 Å². The molecule has 0 bridgehead atoms. The van der Waals surface area contributed by atoms with Crippen LogP contribution in [0, 0.1) is 48.3 Å². The number of carboxylic acids is 2. The standard InChI is InChI=1S/C20H27NO10.C12H16N2O3.C12H17NO3.C12H15NO3.C11H16N2O3S.C8H16N2O3/c1-4-13(22)29-8-10-5-6-11(7-12(10)21-17(25)9(2)3)30-20-14(18(26)27)15(23)16(24)19(28)31-20;1-8(2)11(15)14-10-5-3-9(4-6-10)7-17-12(13)16;1-9(2)12(15)13-11-5-3-10(4-6-11)7-16-8-14;1-8(2)12(16)13-10-6-4-3-5-9(10)7-11(14)15;1-6(2)10(15)13-11-12-7(3)9(17-11)5-16-8(4)14;1-6(2)7(11)9(3)5-10(4)8(12)13/h5-7,9,14-16,19-20,23-24,28H,4,8H2,1-3H3,(H,21,25)(H,26,27);3-6,8H,7H2,1-2H3,(H2,13,16)(H,14,15);3-6,9,14H,7-8H2,1-2H3,(H,13,15);3-6,8H,7H2,1-2H3,(H,13,16)(H,14,15);6H,5H2,1-4H3,(H,12,13,15);6H,5H2,1-4H3,(H,12,13)/i1D;;14D;;4D;/hD3. The zero-order valence-electron chi connectivity index (χ0n) is 70.2. The van der Waals surface area contributed by atoms with Gasteiger partial charge in [0.15, 0.2) is 12.8 Å². The summed E-state index contributed by atoms with van der Waals surface area (Å²) < 4.78 is 70.0. The van der Waals surface area contributed by atoms with E-state index in [9.17, 15) is 78.0 Å². The molecule has 14 N–H and O–H groups in total. The van der Waals surface area contributed by atoms with Gasteiger partial charge in [-0.1, -0.05) is 144 Å². The third-order valence-corrected chi connectivity index (χ3v) is 15.6. The van der Waals surface area contributed by atoms with E-state index in [-0.39, 0.29) is 135 Å². The molecule has 110 heavy (non-hydrogen) atoms. The maximum Gasteiger partial charge on any atom is 0.408 e. The Morgan fingerprint density at radius 1 is 0.618 bits per heavy atom. The third kappa shape index (κ3) is 37.9. The van der Waals surface area contributed by atoms with E-state index in [0.717, 1.165) is 32.3 Å². The number of primary amides is 1. The molecule has 608 valence electrons. The van der Waals surface area contributed by atoms with Crippen molar-refractivity contribution < 1.29 is 126 Å². The number of carbonyl (C=O) groups excluding carboxylic acids is 9. The summed E-state index contributed by atoms with van der Waals surface area (Å²) in [6.45, 7) is 23.1. The molecule has 1 aromatic heterocycles. The summed E-state index contributed by atoms with van der Waals surface area (Å²) in [5.41, 5.74) is 7.40. The van der Waals surface area contributed by atoms with Crippen molar-refractivity contribution in [3.05, 3.63) is 124 Å². The van der Waals surface area contributed by atoms with Crippen LogP contribution in [0.4, 0.5) is 37.5 Å². The molecule has 8 amide bonds. The summed E-state index contributed by atoms with van der Waals surface area (Å²) in [5.74, 6) is -6.50. The van der Waals surface area contributed by atoms with Crippen molar-refractivity contribution in [2.75, 3.05) is 54.1 Å². The second-order valence-corrected chi connectivity index (χ2v) is 27.0. The first-order valence-corrected chi connectivity index (χ1v) is 35.1. The lowest BCUT2D eigenvalue weighted by atomic mass is 9.94. The van der Waals surface area contributed by atoms with E-state index in [2.05, 4.69) is 46.9 Å². The third-order valence-electron chi connectivity index (χ3n) is 14.5. The van der Waals surface area contributed by atoms with Crippen LogP contribution in [0.2, 0.25) is 1.41 Å². The minimum atomic E-state index is -1.87. The van der Waals surface area contributed by atoms with E-state index in [4.69, 9.17) is 36.9 Å². The molecule has 1 saturated heterocycles. The Morgan fingerprint density at radius 3 is 1.67 bits per heavy atom. The first-order valence-electron chi connectivity index (χ1n) is 37.4. The number of para-hydroxylation sites is 1. The van der Waals surface area contributed by atoms with E-state index in [1.54, 1.807) is 124 Å². The van der Waals surface area contributed by atoms with E-state index in [0.29, 0.717) is 34.2 Å². The van der Waals surface area contributed by atoms with Gasteiger partial charge in [-0.2, -0.15) is 0 Å². The van der Waals surface area contributed by atoms with Crippen LogP contribution in [0.15, 0.2) is 91.0 Å². The molecular formula is C75H107N9O25S. The molecule has 1 aliphatic rings. The average Bonchev–Trinajstić information content (AvgIpc) is 0.940. The lowest BCUT2D eigenvalue weighted by Gasteiger charge is -2.38. The van der Waals surface area contributed by atoms with Crippen molar-refractivity contribution in [3.8, 4) is 5.75 Å². The smallest absolute Gasteiger partial charge is 0.408 e. The number of aliphatic carboxylic acids is 2. The highest BCUT2D eigenvalue weighted by Crippen LogP contribution is 2.32. The van der Waals surface area contributed by atoms with Crippen molar-refractivity contribution in [2.45, 2.75) is 168 Å². The highest BCUT2D eigenvalue weighted by molar-refractivity contribution is 7.15. The Labute approximate surface area is 652 Å². The molecular weight excluding hydrogens is 1460 g/mol. The number of hydrogen-bond acceptors (Lipinski definition) is 26. The molecule has 1 fully saturated rings. The van der Waals surface area contributed by atoms with Gasteiger partial charge in [-0.15, -0.1) is 0 Å². The number of nitrogens with zero attached hydrogens (tertiary/aromatic N) is 3. The molecule has 34 nitrogen and oxygen atoms in total. The highest BCUT2D eigenvalue weighted by Gasteiger charge is 2.49. The predicted molar refractivity (Wildman–Crippen MR) is 406 cm³/mol. The molecule has 4 aromatic carbocycles. The first-order chi connectivity index (χ1) is 54.6. The number of rotatable bonds is 29. The lowest BCUT2D eigenvalue weighted by Crippen LogP contribution is -2.58. The number of anilines is 5. The number of thiazole rings is 1. The van der Waals surface area contributed by atoms with Crippen molar-refractivity contribution >= 4 is 111 Å². The molecule has 0 radical (unpaired) electrons. The minimum Gasteiger partial charge on any atom is -0.481 e. The molecule has 6 rings (SSSR count). The fraction of sp³-hybridized carbons (Fsp3) is 0.480. The average molecular weight is 1570 g/mol. The summed E-state index contributed by atoms with van der Waals surface area (Å²) in [6, 6.07) is 25.5. The number of aromatic nitrogens is 1. The Morgan fingerprint density at radius 2 is 1.16 bits per heavy atom. The van der Waals surface area contributed by atoms with Gasteiger partial charge in [0.1, 0.15) is 50.5 Å². The molecule has 1 aliphatic heterocycles. The summed E-state index contributed by atoms with van der Waals surface area (Å²) in [7, 11) is 3.05. The van der Waals surface area contributed by atoms with Crippen molar-refractivity contribution in [2.24, 2.45) is 47.2 Å². The van der Waals surface area contributed by atoms with Crippen LogP contribution in [0.5, 0.6) is 5.75 Å². The quantitative estimate of drug-likeness (QED) is 0.00922. The number of esters is 2. The second kappa shape index (κ2) is 50.1. The number of nitrogens with one attached hydrogen (secondary N) is 5. The fourth-order valence-corrected chi connectivity index (χ4v) is 8.98. The normalized spacial score (nSPS) is 15.2. The number of carboxylic acid groups (broad SMARTS) is 3. The van der Waals surface area contributed by atoms with E-state index >= 15 is 0 Å². The Kier molecular flexibility index (Phi) is 39.4. The summed E-state index contributed by atoms with van der Waals surface area (Å²) in [4.78, 5) is 144. The molecule has 5 atom stereocenters. The topological polar surface area (TPSA) is 507 Å². The zero-order chi connectivity index (χ0) is 88.1. The highest BCUT2D eigenvalue weighted by atomic mass is 32.1. The van der Waals surface area contributed by atoms with Gasteiger partial charge in [-0.25, -0.2) is 14.6 Å². The molecule has 0 aliphatic carbocycles. The van der Waals surface area contributed by atoms with Gasteiger partial charge in [0.05, 0.1) is 36.0 Å². The SMILES string of the molecule is [2H]CC(=O)OCc1sc(NC(=O)C(C)C)nc1C.[2H]CCC(=O)OCc1ccc(OC2OC(O)C(O)C(O)C2C(=O)O)cc1NC(=O)C(C)C.[2H]NC(=O)OCc1ccc(NC(=O)C(C)C)cc1.[2H]OC(=O)Cc1ccccc1NC(=O)C(C)C.[2H]OC(=O)N(C)CN(C)C(=O)C(C)C.[2H]OCOCc1ccc(NC(=O)C(C)C)cc1. The number of benzene rings is 4. The van der Waals surface area contributed by atoms with Crippen LogP contribution in [0.25, 0.3) is 2.86 Å². The molecule has 5 aromatic rings.